The highest BCUT2D eigenvalue weighted by Gasteiger charge is 2.55. The summed E-state index contributed by atoms with van der Waals surface area (Å²) in [5.74, 6) is -0.669. The number of allylic oxidation sites excluding steroid dienone is 1. The van der Waals surface area contributed by atoms with Gasteiger partial charge in [0, 0.05) is 6.20 Å². The van der Waals surface area contributed by atoms with Crippen molar-refractivity contribution in [2.45, 2.75) is 70.3 Å². The summed E-state index contributed by atoms with van der Waals surface area (Å²) in [6.45, 7) is 6.30. The van der Waals surface area contributed by atoms with E-state index in [1.165, 1.54) is 18.0 Å². The van der Waals surface area contributed by atoms with Gasteiger partial charge in [-0.25, -0.2) is 5.09 Å². The molecule has 2 aliphatic heterocycles. The Balaban J connectivity index is 1.79. The van der Waals surface area contributed by atoms with E-state index in [9.17, 15) is 19.8 Å². The minimum atomic E-state index is -3.50. The number of benzene rings is 1. The lowest BCUT2D eigenvalue weighted by molar-refractivity contribution is -0.156. The monoisotopic (exact) mass is 574 g/mol. The second-order valence-corrected chi connectivity index (χ2v) is 12.8. The lowest BCUT2D eigenvalue weighted by Gasteiger charge is -2.35. The van der Waals surface area contributed by atoms with Gasteiger partial charge in [0.2, 0.25) is 5.91 Å². The van der Waals surface area contributed by atoms with Gasteiger partial charge in [-0.2, -0.15) is 0 Å². The zero-order chi connectivity index (χ0) is 27.5. The fourth-order valence-electron chi connectivity index (χ4n) is 3.73. The number of rotatable bonds is 10. The second-order valence-electron chi connectivity index (χ2n) is 9.30. The first-order valence-corrected chi connectivity index (χ1v) is 14.6. The molecule has 204 valence electrons. The van der Waals surface area contributed by atoms with Gasteiger partial charge in [0.05, 0.1) is 24.2 Å². The van der Waals surface area contributed by atoms with Crippen LogP contribution in [0.5, 0.6) is 5.75 Å². The van der Waals surface area contributed by atoms with Gasteiger partial charge in [0.1, 0.15) is 29.6 Å². The fourth-order valence-corrected chi connectivity index (χ4v) is 6.38. The van der Waals surface area contributed by atoms with Crippen molar-refractivity contribution in [2.24, 2.45) is 0 Å². The number of para-hydroxylation sites is 1. The summed E-state index contributed by atoms with van der Waals surface area (Å²) in [4.78, 5) is 26.2. The van der Waals surface area contributed by atoms with Crippen molar-refractivity contribution in [1.29, 1.82) is 0 Å². The van der Waals surface area contributed by atoms with Crippen LogP contribution in [-0.4, -0.2) is 69.8 Å². The number of esters is 1. The number of aliphatic hydroxyl groups is 2. The molecule has 6 atom stereocenters. The molecule has 37 heavy (non-hydrogen) atoms. The van der Waals surface area contributed by atoms with E-state index in [-0.39, 0.29) is 35.8 Å². The van der Waals surface area contributed by atoms with Gasteiger partial charge in [-0.3, -0.25) is 14.5 Å². The van der Waals surface area contributed by atoms with Crippen molar-refractivity contribution in [3.63, 3.8) is 0 Å². The number of hydrogen-bond donors (Lipinski definition) is 3. The van der Waals surface area contributed by atoms with Crippen LogP contribution in [0.1, 0.15) is 34.1 Å². The Morgan fingerprint density at radius 3 is 2.70 bits per heavy atom. The summed E-state index contributed by atoms with van der Waals surface area (Å²) < 4.78 is 23.0. The van der Waals surface area contributed by atoms with E-state index in [2.05, 4.69) is 11.7 Å². The molecule has 0 saturated carbocycles. The highest BCUT2D eigenvalue weighted by Crippen LogP contribution is 2.48. The molecule has 1 aromatic rings. The quantitative estimate of drug-likeness (QED) is 0.283. The highest BCUT2D eigenvalue weighted by atomic mass is 35.5. The SMILES string of the molecule is C=C1C=CN([C@@H]2O[C@H](COP(=S)(NC(C)C(=O)OC(C)C)Oc3ccccc3Cl)[C@@H](O)[C@@]2(C)O)C(=O)C1. The minimum absolute atomic E-state index is 0.0600. The van der Waals surface area contributed by atoms with Crippen molar-refractivity contribution < 1.29 is 38.3 Å². The summed E-state index contributed by atoms with van der Waals surface area (Å²) in [5, 5.41) is 25.0. The molecular weight excluding hydrogens is 543 g/mol. The van der Waals surface area contributed by atoms with Crippen molar-refractivity contribution >= 4 is 41.9 Å². The minimum Gasteiger partial charge on any atom is -0.462 e. The van der Waals surface area contributed by atoms with Crippen LogP contribution >= 0.6 is 18.2 Å². The standard InChI is InChI=1S/C24H32ClN2O8PS/c1-14(2)33-22(30)16(4)26-36(37,35-18-9-7-6-8-17(18)25)32-13-19-21(29)24(5,31)23(34-19)27-11-10-15(3)12-20(27)28/h6-11,14,16,19,21,23,29,31H,3,12-13H2,1-2,4-5H3,(H,26,37)/t16?,19-,21-,23-,24-,36?/m1/s1. The van der Waals surface area contributed by atoms with Crippen LogP contribution in [0.4, 0.5) is 0 Å². The number of carbonyl (C=O) groups is 2. The van der Waals surface area contributed by atoms with Crippen LogP contribution in [0.2, 0.25) is 5.02 Å². The normalized spacial score (nSPS) is 28.3. The molecule has 2 heterocycles. The number of amides is 1. The van der Waals surface area contributed by atoms with Gasteiger partial charge in [0.25, 0.3) is 0 Å². The molecule has 3 N–H and O–H groups in total. The molecule has 3 rings (SSSR count). The molecule has 0 aliphatic carbocycles. The maximum Gasteiger partial charge on any atom is 0.323 e. The maximum absolute atomic E-state index is 12.5. The van der Waals surface area contributed by atoms with E-state index >= 15 is 0 Å². The lowest BCUT2D eigenvalue weighted by atomic mass is 9.95. The van der Waals surface area contributed by atoms with Crippen LogP contribution in [0, 0.1) is 0 Å². The zero-order valence-corrected chi connectivity index (χ0v) is 23.5. The molecule has 0 radical (unpaired) electrons. The predicted octanol–water partition coefficient (Wildman–Crippen LogP) is 3.03. The Labute approximate surface area is 226 Å². The maximum atomic E-state index is 12.5. The number of nitrogens with one attached hydrogen (secondary N) is 1. The molecule has 13 heteroatoms. The fraction of sp³-hybridized carbons (Fsp3) is 0.500. The zero-order valence-electron chi connectivity index (χ0n) is 21.0. The largest absolute Gasteiger partial charge is 0.462 e. The molecule has 0 spiro atoms. The summed E-state index contributed by atoms with van der Waals surface area (Å²) >= 11 is 11.9. The topological polar surface area (TPSA) is 127 Å². The van der Waals surface area contributed by atoms with Crippen LogP contribution in [-0.2, 0) is 35.4 Å². The molecule has 10 nitrogen and oxygen atoms in total. The van der Waals surface area contributed by atoms with Crippen molar-refractivity contribution in [3.05, 3.63) is 53.7 Å². The summed E-state index contributed by atoms with van der Waals surface area (Å²) in [7, 11) is 0. The predicted molar refractivity (Wildman–Crippen MR) is 141 cm³/mol. The van der Waals surface area contributed by atoms with Gasteiger partial charge >= 0.3 is 12.6 Å². The van der Waals surface area contributed by atoms with Gasteiger partial charge in [0.15, 0.2) is 6.23 Å². The van der Waals surface area contributed by atoms with E-state index in [0.717, 1.165) is 0 Å². The van der Waals surface area contributed by atoms with Gasteiger partial charge in [-0.05, 0) is 63.3 Å². The Kier molecular flexibility index (Phi) is 9.58. The van der Waals surface area contributed by atoms with Crippen molar-refractivity contribution in [1.82, 2.24) is 9.99 Å². The average Bonchev–Trinajstić information content (AvgIpc) is 3.02. The second kappa shape index (κ2) is 11.9. The Morgan fingerprint density at radius 2 is 2.08 bits per heavy atom. The molecule has 1 amide bonds. The number of carbonyl (C=O) groups excluding carboxylic acids is 2. The Morgan fingerprint density at radius 1 is 1.41 bits per heavy atom. The molecule has 1 aromatic carbocycles. The molecule has 0 aromatic heterocycles. The van der Waals surface area contributed by atoms with Crippen molar-refractivity contribution in [2.75, 3.05) is 6.61 Å². The first-order chi connectivity index (χ1) is 17.2. The average molecular weight is 575 g/mol. The first-order valence-electron chi connectivity index (χ1n) is 11.6. The highest BCUT2D eigenvalue weighted by molar-refractivity contribution is 8.09. The van der Waals surface area contributed by atoms with Gasteiger partial charge in [-0.15, -0.1) is 0 Å². The first kappa shape index (κ1) is 29.7. The van der Waals surface area contributed by atoms with Gasteiger partial charge in [-0.1, -0.05) is 30.3 Å². The van der Waals surface area contributed by atoms with Crippen molar-refractivity contribution in [3.8, 4) is 5.75 Å². The van der Waals surface area contributed by atoms with E-state index < -0.39 is 42.7 Å². The number of nitrogens with zero attached hydrogens (tertiary/aromatic N) is 1. The van der Waals surface area contributed by atoms with E-state index in [1.807, 2.05) is 0 Å². The molecule has 2 aliphatic rings. The van der Waals surface area contributed by atoms with Crippen LogP contribution < -0.4 is 9.61 Å². The molecule has 2 unspecified atom stereocenters. The lowest BCUT2D eigenvalue weighted by Crippen LogP contribution is -2.53. The third-order valence-electron chi connectivity index (χ3n) is 5.67. The molecular formula is C24H32ClN2O8PS. The Bertz CT molecular complexity index is 1110. The number of ether oxygens (including phenoxy) is 2. The third kappa shape index (κ3) is 7.19. The van der Waals surface area contributed by atoms with Crippen LogP contribution in [0.3, 0.4) is 0 Å². The van der Waals surface area contributed by atoms with E-state index in [0.29, 0.717) is 5.57 Å². The summed E-state index contributed by atoms with van der Waals surface area (Å²) in [5.41, 5.74) is -1.20. The number of hydrogen-bond acceptors (Lipinski definition) is 9. The molecule has 0 bridgehead atoms. The molecule has 1 fully saturated rings. The van der Waals surface area contributed by atoms with Crippen LogP contribution in [0.25, 0.3) is 0 Å². The van der Waals surface area contributed by atoms with E-state index in [1.54, 1.807) is 51.1 Å². The third-order valence-corrected chi connectivity index (χ3v) is 8.46. The summed E-state index contributed by atoms with van der Waals surface area (Å²) in [6, 6.07) is 5.71. The van der Waals surface area contributed by atoms with E-state index in [4.69, 9.17) is 41.9 Å². The summed E-state index contributed by atoms with van der Waals surface area (Å²) in [6.07, 6.45) is -0.884. The van der Waals surface area contributed by atoms with Gasteiger partial charge < -0.3 is 28.7 Å². The molecule has 1 saturated heterocycles. The number of halogens is 1. The van der Waals surface area contributed by atoms with Crippen LogP contribution in [0.15, 0.2) is 48.7 Å². The Hall–Kier alpha value is -1.82. The number of aliphatic hydroxyl groups excluding tert-OH is 1. The smallest absolute Gasteiger partial charge is 0.323 e.